The number of hydrogen-bond donors (Lipinski definition) is 1. The van der Waals surface area contributed by atoms with Gasteiger partial charge < -0.3 is 10.0 Å². The third-order valence-corrected chi connectivity index (χ3v) is 5.01. The van der Waals surface area contributed by atoms with Crippen LogP contribution in [0.2, 0.25) is 0 Å². The summed E-state index contributed by atoms with van der Waals surface area (Å²) in [6.07, 6.45) is 0.532. The molecule has 20 heavy (non-hydrogen) atoms. The number of benzene rings is 1. The zero-order chi connectivity index (χ0) is 14.3. The molecule has 4 nitrogen and oxygen atoms in total. The van der Waals surface area contributed by atoms with Crippen LogP contribution in [0.15, 0.2) is 29.6 Å². The largest absolute Gasteiger partial charge is 0.481 e. The molecule has 5 heteroatoms. The molecule has 1 aliphatic heterocycles. The number of carbonyl (C=O) groups is 2. The average molecular weight is 289 g/mol. The molecule has 1 amide bonds. The highest BCUT2D eigenvalue weighted by Crippen LogP contribution is 2.31. The average Bonchev–Trinajstić information content (AvgIpc) is 3.01. The molecule has 1 aliphatic rings. The molecular formula is C15H15NO3S. The summed E-state index contributed by atoms with van der Waals surface area (Å²) in [4.78, 5) is 25.5. The minimum absolute atomic E-state index is 0.0568. The number of amides is 1. The Bertz CT molecular complexity index is 679. The Morgan fingerprint density at radius 2 is 2.10 bits per heavy atom. The van der Waals surface area contributed by atoms with Crippen molar-refractivity contribution < 1.29 is 14.7 Å². The third-order valence-electron chi connectivity index (χ3n) is 4.04. The molecule has 0 saturated carbocycles. The maximum absolute atomic E-state index is 12.6. The van der Waals surface area contributed by atoms with E-state index in [0.29, 0.717) is 18.5 Å². The van der Waals surface area contributed by atoms with E-state index in [4.69, 9.17) is 5.11 Å². The number of carboxylic acids is 1. The molecule has 2 aromatic rings. The van der Waals surface area contributed by atoms with E-state index >= 15 is 0 Å². The summed E-state index contributed by atoms with van der Waals surface area (Å²) in [5.74, 6) is -1.33. The van der Waals surface area contributed by atoms with Crippen molar-refractivity contribution in [1.82, 2.24) is 4.90 Å². The fraction of sp³-hybridized carbons (Fsp3) is 0.333. The lowest BCUT2D eigenvalue weighted by Gasteiger charge is -2.23. The topological polar surface area (TPSA) is 57.6 Å². The predicted octanol–water partition coefficient (Wildman–Crippen LogP) is 2.84. The lowest BCUT2D eigenvalue weighted by molar-refractivity contribution is -0.142. The third kappa shape index (κ3) is 1.98. The van der Waals surface area contributed by atoms with Crippen LogP contribution < -0.4 is 0 Å². The highest BCUT2D eigenvalue weighted by atomic mass is 32.1. The van der Waals surface area contributed by atoms with Gasteiger partial charge in [0.15, 0.2) is 0 Å². The zero-order valence-electron chi connectivity index (χ0n) is 11.1. The molecule has 0 aliphatic carbocycles. The number of thiophene rings is 1. The fourth-order valence-corrected chi connectivity index (χ4v) is 3.79. The summed E-state index contributed by atoms with van der Waals surface area (Å²) in [6, 6.07) is 7.54. The number of likely N-dealkylation sites (tertiary alicyclic amines) is 1. The van der Waals surface area contributed by atoms with Crippen LogP contribution in [0, 0.1) is 5.92 Å². The summed E-state index contributed by atoms with van der Waals surface area (Å²) in [7, 11) is 0. The number of carbonyl (C=O) groups excluding carboxylic acids is 1. The second-order valence-electron chi connectivity index (χ2n) is 5.12. The zero-order valence-corrected chi connectivity index (χ0v) is 11.9. The molecule has 0 spiro atoms. The number of fused-ring (bicyclic) bond motifs is 1. The van der Waals surface area contributed by atoms with Gasteiger partial charge in [-0.3, -0.25) is 9.59 Å². The summed E-state index contributed by atoms with van der Waals surface area (Å²) in [5, 5.41) is 12.0. The number of carboxylic acid groups (broad SMARTS) is 1. The number of nitrogens with zero attached hydrogens (tertiary/aromatic N) is 1. The monoisotopic (exact) mass is 289 g/mol. The summed E-state index contributed by atoms with van der Waals surface area (Å²) in [6.45, 7) is 2.33. The Labute approximate surface area is 120 Å². The van der Waals surface area contributed by atoms with Crippen molar-refractivity contribution in [1.29, 1.82) is 0 Å². The Morgan fingerprint density at radius 3 is 2.80 bits per heavy atom. The van der Waals surface area contributed by atoms with Crippen molar-refractivity contribution in [2.75, 3.05) is 6.54 Å². The number of hydrogen-bond acceptors (Lipinski definition) is 3. The van der Waals surface area contributed by atoms with Crippen LogP contribution in [-0.2, 0) is 4.79 Å². The van der Waals surface area contributed by atoms with Gasteiger partial charge in [0.05, 0.1) is 11.5 Å². The normalized spacial score (nSPS) is 22.4. The molecule has 2 atom stereocenters. The van der Waals surface area contributed by atoms with E-state index in [-0.39, 0.29) is 11.9 Å². The first-order valence-corrected chi connectivity index (χ1v) is 7.47. The Morgan fingerprint density at radius 1 is 1.35 bits per heavy atom. The quantitative estimate of drug-likeness (QED) is 0.925. The van der Waals surface area contributed by atoms with E-state index < -0.39 is 11.9 Å². The molecular weight excluding hydrogens is 274 g/mol. The van der Waals surface area contributed by atoms with Gasteiger partial charge in [0.2, 0.25) is 0 Å². The van der Waals surface area contributed by atoms with Gasteiger partial charge in [0, 0.05) is 28.1 Å². The predicted molar refractivity (Wildman–Crippen MR) is 78.1 cm³/mol. The molecule has 2 unspecified atom stereocenters. The van der Waals surface area contributed by atoms with Crippen LogP contribution in [0.4, 0.5) is 0 Å². The van der Waals surface area contributed by atoms with Crippen LogP contribution >= 0.6 is 11.3 Å². The van der Waals surface area contributed by atoms with E-state index in [9.17, 15) is 9.59 Å². The number of rotatable bonds is 2. The van der Waals surface area contributed by atoms with Gasteiger partial charge in [0.25, 0.3) is 5.91 Å². The highest BCUT2D eigenvalue weighted by molar-refractivity contribution is 7.17. The van der Waals surface area contributed by atoms with Crippen LogP contribution in [-0.4, -0.2) is 34.5 Å². The van der Waals surface area contributed by atoms with Gasteiger partial charge in [-0.25, -0.2) is 0 Å². The van der Waals surface area contributed by atoms with Gasteiger partial charge in [-0.15, -0.1) is 11.3 Å². The SMILES string of the molecule is CC1C(C(=O)O)CCN1C(=O)c1csc2ccccc12. The van der Waals surface area contributed by atoms with Gasteiger partial charge in [-0.05, 0) is 19.4 Å². The maximum atomic E-state index is 12.6. The highest BCUT2D eigenvalue weighted by Gasteiger charge is 2.38. The van der Waals surface area contributed by atoms with E-state index in [2.05, 4.69) is 0 Å². The smallest absolute Gasteiger partial charge is 0.308 e. The fourth-order valence-electron chi connectivity index (χ4n) is 2.85. The van der Waals surface area contributed by atoms with Crippen molar-refractivity contribution >= 4 is 33.3 Å². The number of aliphatic carboxylic acids is 1. The standard InChI is InChI=1S/C15H15NO3S/c1-9-10(15(18)19)6-7-16(9)14(17)12-8-20-13-5-3-2-4-11(12)13/h2-5,8-10H,6-7H2,1H3,(H,18,19). The van der Waals surface area contributed by atoms with Gasteiger partial charge in [-0.1, -0.05) is 18.2 Å². The van der Waals surface area contributed by atoms with Gasteiger partial charge in [-0.2, -0.15) is 0 Å². The molecule has 1 aromatic carbocycles. The lowest BCUT2D eigenvalue weighted by atomic mass is 10.0. The molecule has 3 rings (SSSR count). The van der Waals surface area contributed by atoms with Crippen LogP contribution in [0.1, 0.15) is 23.7 Å². The lowest BCUT2D eigenvalue weighted by Crippen LogP contribution is -2.37. The molecule has 1 fully saturated rings. The van der Waals surface area contributed by atoms with Gasteiger partial charge >= 0.3 is 5.97 Å². The van der Waals surface area contributed by atoms with Crippen molar-refractivity contribution in [2.45, 2.75) is 19.4 Å². The van der Waals surface area contributed by atoms with Crippen molar-refractivity contribution in [3.05, 3.63) is 35.2 Å². The maximum Gasteiger partial charge on any atom is 0.308 e. The molecule has 104 valence electrons. The van der Waals surface area contributed by atoms with E-state index in [1.807, 2.05) is 36.6 Å². The molecule has 1 saturated heterocycles. The summed E-state index contributed by atoms with van der Waals surface area (Å²) < 4.78 is 1.08. The summed E-state index contributed by atoms with van der Waals surface area (Å²) in [5.41, 5.74) is 0.684. The van der Waals surface area contributed by atoms with Gasteiger partial charge in [0.1, 0.15) is 0 Å². The molecule has 1 aromatic heterocycles. The second-order valence-corrected chi connectivity index (χ2v) is 6.03. The molecule has 2 heterocycles. The molecule has 0 bridgehead atoms. The Kier molecular flexibility index (Phi) is 3.22. The molecule has 1 N–H and O–H groups in total. The first kappa shape index (κ1) is 13.1. The minimum Gasteiger partial charge on any atom is -0.481 e. The second kappa shape index (κ2) is 4.90. The minimum atomic E-state index is -0.817. The molecule has 0 radical (unpaired) electrons. The Balaban J connectivity index is 1.92. The summed E-state index contributed by atoms with van der Waals surface area (Å²) >= 11 is 1.55. The first-order valence-electron chi connectivity index (χ1n) is 6.59. The van der Waals surface area contributed by atoms with Crippen LogP contribution in [0.25, 0.3) is 10.1 Å². The van der Waals surface area contributed by atoms with Crippen LogP contribution in [0.5, 0.6) is 0 Å². The van der Waals surface area contributed by atoms with Crippen molar-refractivity contribution in [3.8, 4) is 0 Å². The van der Waals surface area contributed by atoms with Crippen molar-refractivity contribution in [2.24, 2.45) is 5.92 Å². The first-order chi connectivity index (χ1) is 9.59. The van der Waals surface area contributed by atoms with E-state index in [1.54, 1.807) is 16.2 Å². The van der Waals surface area contributed by atoms with Crippen molar-refractivity contribution in [3.63, 3.8) is 0 Å². The van der Waals surface area contributed by atoms with E-state index in [1.165, 1.54) is 0 Å². The van der Waals surface area contributed by atoms with Crippen LogP contribution in [0.3, 0.4) is 0 Å². The van der Waals surface area contributed by atoms with E-state index in [0.717, 1.165) is 10.1 Å². The Hall–Kier alpha value is -1.88.